The molecule has 32 heavy (non-hydrogen) atoms. The van der Waals surface area contributed by atoms with E-state index < -0.39 is 23.5 Å². The Bertz CT molecular complexity index is 1390. The molecular formula is C23H15ClN2O4S2. The standard InChI is InChI=1S/C23H15ClN2O4S2/c1-30-14-7-8-15-17(11-14)32-23(25-15)26-19(12-4-2-5-13(24)10-12)18(21(28)22(26)29)20(27)16-6-3-9-31-16/h2-11,19,28H,1H3/t19-/m0/s1. The number of aromatic nitrogens is 1. The molecule has 0 bridgehead atoms. The molecule has 2 aromatic heterocycles. The van der Waals surface area contributed by atoms with Crippen LogP contribution in [0, 0.1) is 0 Å². The van der Waals surface area contributed by atoms with Crippen molar-refractivity contribution in [2.75, 3.05) is 12.0 Å². The predicted molar refractivity (Wildman–Crippen MR) is 126 cm³/mol. The average Bonchev–Trinajstić information content (AvgIpc) is 3.51. The van der Waals surface area contributed by atoms with Crippen molar-refractivity contribution in [2.24, 2.45) is 0 Å². The van der Waals surface area contributed by atoms with Gasteiger partial charge in [-0.05, 0) is 47.3 Å². The third-order valence-electron chi connectivity index (χ3n) is 5.15. The summed E-state index contributed by atoms with van der Waals surface area (Å²) in [4.78, 5) is 32.9. The van der Waals surface area contributed by atoms with Gasteiger partial charge in [0.05, 0.1) is 33.8 Å². The lowest BCUT2D eigenvalue weighted by Crippen LogP contribution is -2.30. The van der Waals surface area contributed by atoms with Gasteiger partial charge in [0.2, 0.25) is 5.78 Å². The SMILES string of the molecule is COc1ccc2nc(N3C(=O)C(O)=C(C(=O)c4cccs4)[C@@H]3c3cccc(Cl)c3)sc2c1. The Balaban J connectivity index is 1.68. The van der Waals surface area contributed by atoms with Crippen molar-refractivity contribution in [3.05, 3.63) is 86.8 Å². The monoisotopic (exact) mass is 482 g/mol. The maximum Gasteiger partial charge on any atom is 0.296 e. The summed E-state index contributed by atoms with van der Waals surface area (Å²) in [6, 6.07) is 14.9. The number of ketones is 1. The minimum atomic E-state index is -0.863. The third kappa shape index (κ3) is 3.37. The van der Waals surface area contributed by atoms with Crippen LogP contribution in [0.2, 0.25) is 5.02 Å². The second-order valence-electron chi connectivity index (χ2n) is 7.03. The van der Waals surface area contributed by atoms with Crippen molar-refractivity contribution >= 4 is 61.3 Å². The molecule has 5 rings (SSSR count). The van der Waals surface area contributed by atoms with Gasteiger partial charge in [0.15, 0.2) is 10.9 Å². The number of methoxy groups -OCH3 is 1. The average molecular weight is 483 g/mol. The zero-order valence-electron chi connectivity index (χ0n) is 16.6. The Hall–Kier alpha value is -3.20. The predicted octanol–water partition coefficient (Wildman–Crippen LogP) is 5.80. The Labute approximate surface area is 196 Å². The number of thiazole rings is 1. The molecule has 0 fully saturated rings. The fraction of sp³-hybridized carbons (Fsp3) is 0.0870. The number of ether oxygens (including phenoxy) is 1. The summed E-state index contributed by atoms with van der Waals surface area (Å²) in [6.07, 6.45) is 0. The van der Waals surface area contributed by atoms with Gasteiger partial charge in [-0.2, -0.15) is 0 Å². The highest BCUT2D eigenvalue weighted by Crippen LogP contribution is 2.45. The molecule has 1 atom stereocenters. The van der Waals surface area contributed by atoms with Crippen LogP contribution in [0.4, 0.5) is 5.13 Å². The number of halogens is 1. The smallest absolute Gasteiger partial charge is 0.296 e. The van der Waals surface area contributed by atoms with Gasteiger partial charge in [0, 0.05) is 5.02 Å². The van der Waals surface area contributed by atoms with Crippen LogP contribution in [0.15, 0.2) is 71.3 Å². The number of hydrogen-bond acceptors (Lipinski definition) is 7. The summed E-state index contributed by atoms with van der Waals surface area (Å²) < 4.78 is 6.10. The number of hydrogen-bond donors (Lipinski definition) is 1. The van der Waals surface area contributed by atoms with E-state index in [1.54, 1.807) is 61.0 Å². The second kappa shape index (κ2) is 8.05. The largest absolute Gasteiger partial charge is 0.503 e. The number of Topliss-reactive ketones (excluding diaryl/α,β-unsaturated/α-hetero) is 1. The number of carbonyl (C=O) groups is 2. The molecule has 1 aliphatic rings. The van der Waals surface area contributed by atoms with Gasteiger partial charge in [-0.25, -0.2) is 4.98 Å². The lowest BCUT2D eigenvalue weighted by molar-refractivity contribution is -0.117. The number of anilines is 1. The number of fused-ring (bicyclic) bond motifs is 1. The van der Waals surface area contributed by atoms with E-state index in [4.69, 9.17) is 16.3 Å². The number of aliphatic hydroxyl groups is 1. The number of aliphatic hydroxyl groups excluding tert-OH is 1. The lowest BCUT2D eigenvalue weighted by atomic mass is 9.95. The number of benzene rings is 2. The van der Waals surface area contributed by atoms with E-state index in [1.807, 2.05) is 6.07 Å². The molecule has 0 radical (unpaired) electrons. The van der Waals surface area contributed by atoms with Crippen LogP contribution in [-0.2, 0) is 4.79 Å². The lowest BCUT2D eigenvalue weighted by Gasteiger charge is -2.24. The minimum absolute atomic E-state index is 0.0107. The zero-order valence-corrected chi connectivity index (χ0v) is 19.0. The van der Waals surface area contributed by atoms with E-state index in [2.05, 4.69) is 4.98 Å². The first kappa shape index (κ1) is 20.7. The molecule has 0 spiro atoms. The van der Waals surface area contributed by atoms with Crippen LogP contribution in [0.1, 0.15) is 21.3 Å². The molecule has 0 aliphatic carbocycles. The summed E-state index contributed by atoms with van der Waals surface area (Å²) in [6.45, 7) is 0. The minimum Gasteiger partial charge on any atom is -0.503 e. The molecule has 1 amide bonds. The number of carbonyl (C=O) groups excluding carboxylic acids is 2. The van der Waals surface area contributed by atoms with E-state index in [0.717, 1.165) is 4.70 Å². The van der Waals surface area contributed by atoms with E-state index in [-0.39, 0.29) is 5.57 Å². The number of nitrogens with zero attached hydrogens (tertiary/aromatic N) is 2. The van der Waals surface area contributed by atoms with Gasteiger partial charge in [-0.3, -0.25) is 14.5 Å². The van der Waals surface area contributed by atoms with E-state index in [1.165, 1.54) is 27.6 Å². The van der Waals surface area contributed by atoms with Crippen LogP contribution in [0.5, 0.6) is 5.75 Å². The quantitative estimate of drug-likeness (QED) is 0.363. The van der Waals surface area contributed by atoms with Crippen molar-refractivity contribution in [3.63, 3.8) is 0 Å². The first-order valence-corrected chi connectivity index (χ1v) is 11.6. The Morgan fingerprint density at radius 1 is 1.19 bits per heavy atom. The molecule has 0 saturated heterocycles. The van der Waals surface area contributed by atoms with Gasteiger partial charge in [0.25, 0.3) is 5.91 Å². The summed E-state index contributed by atoms with van der Waals surface area (Å²) in [7, 11) is 1.58. The summed E-state index contributed by atoms with van der Waals surface area (Å²) in [5.74, 6) is -0.992. The molecule has 9 heteroatoms. The maximum absolute atomic E-state index is 13.3. The molecule has 2 aromatic carbocycles. The number of amides is 1. The molecule has 1 N–H and O–H groups in total. The topological polar surface area (TPSA) is 79.7 Å². The molecule has 4 aromatic rings. The van der Waals surface area contributed by atoms with Gasteiger partial charge in [-0.15, -0.1) is 11.3 Å². The second-order valence-corrected chi connectivity index (χ2v) is 9.42. The van der Waals surface area contributed by atoms with Crippen molar-refractivity contribution in [1.29, 1.82) is 0 Å². The normalized spacial score (nSPS) is 16.2. The highest BCUT2D eigenvalue weighted by Gasteiger charge is 2.46. The van der Waals surface area contributed by atoms with Crippen LogP contribution in [0.3, 0.4) is 0 Å². The molecule has 0 unspecified atom stereocenters. The van der Waals surface area contributed by atoms with Crippen molar-refractivity contribution in [2.45, 2.75) is 6.04 Å². The number of thiophene rings is 1. The van der Waals surface area contributed by atoms with Crippen LogP contribution in [-0.4, -0.2) is 28.9 Å². The van der Waals surface area contributed by atoms with Crippen molar-refractivity contribution < 1.29 is 19.4 Å². The Kier molecular flexibility index (Phi) is 5.21. The maximum atomic E-state index is 13.3. The summed E-state index contributed by atoms with van der Waals surface area (Å²) in [5.41, 5.74) is 1.30. The molecule has 6 nitrogen and oxygen atoms in total. The van der Waals surface area contributed by atoms with Crippen LogP contribution >= 0.6 is 34.3 Å². The van der Waals surface area contributed by atoms with Gasteiger partial charge in [-0.1, -0.05) is 41.1 Å². The highest BCUT2D eigenvalue weighted by molar-refractivity contribution is 7.22. The van der Waals surface area contributed by atoms with E-state index >= 15 is 0 Å². The first-order valence-electron chi connectivity index (χ1n) is 9.53. The molecular weight excluding hydrogens is 468 g/mol. The van der Waals surface area contributed by atoms with E-state index in [0.29, 0.717) is 31.9 Å². The van der Waals surface area contributed by atoms with E-state index in [9.17, 15) is 14.7 Å². The highest BCUT2D eigenvalue weighted by atomic mass is 35.5. The fourth-order valence-corrected chi connectivity index (χ4v) is 5.59. The molecule has 1 aliphatic heterocycles. The number of rotatable bonds is 5. The fourth-order valence-electron chi connectivity index (χ4n) is 3.69. The first-order chi connectivity index (χ1) is 15.5. The molecule has 3 heterocycles. The van der Waals surface area contributed by atoms with Crippen molar-refractivity contribution in [3.8, 4) is 5.75 Å². The van der Waals surface area contributed by atoms with Crippen LogP contribution < -0.4 is 9.64 Å². The Morgan fingerprint density at radius 3 is 2.75 bits per heavy atom. The molecule has 160 valence electrons. The van der Waals surface area contributed by atoms with Gasteiger partial charge >= 0.3 is 0 Å². The van der Waals surface area contributed by atoms with Gasteiger partial charge < -0.3 is 9.84 Å². The Morgan fingerprint density at radius 2 is 2.03 bits per heavy atom. The van der Waals surface area contributed by atoms with Crippen LogP contribution in [0.25, 0.3) is 10.2 Å². The summed E-state index contributed by atoms with van der Waals surface area (Å²) in [5, 5.41) is 13.4. The molecule has 0 saturated carbocycles. The van der Waals surface area contributed by atoms with Gasteiger partial charge in [0.1, 0.15) is 5.75 Å². The zero-order chi connectivity index (χ0) is 22.4. The summed E-state index contributed by atoms with van der Waals surface area (Å²) >= 11 is 8.75. The van der Waals surface area contributed by atoms with Crippen molar-refractivity contribution in [1.82, 2.24) is 4.98 Å². The third-order valence-corrected chi connectivity index (χ3v) is 7.27.